The highest BCUT2D eigenvalue weighted by molar-refractivity contribution is 7.88. The number of sulfonamides is 1. The van der Waals surface area contributed by atoms with Gasteiger partial charge in [-0.3, -0.25) is 0 Å². The van der Waals surface area contributed by atoms with Crippen molar-refractivity contribution in [2.45, 2.75) is 50.8 Å². The fourth-order valence-corrected chi connectivity index (χ4v) is 5.14. The number of rotatable bonds is 7. The number of benzene rings is 1. The first kappa shape index (κ1) is 23.7. The van der Waals surface area contributed by atoms with Gasteiger partial charge in [0.05, 0.1) is 37.3 Å². The summed E-state index contributed by atoms with van der Waals surface area (Å²) in [6, 6.07) is 5.87. The van der Waals surface area contributed by atoms with Crippen LogP contribution in [0.3, 0.4) is 0 Å². The van der Waals surface area contributed by atoms with Crippen LogP contribution in [0, 0.1) is 5.82 Å². The zero-order chi connectivity index (χ0) is 22.4. The average Bonchev–Trinajstić information content (AvgIpc) is 2.72. The van der Waals surface area contributed by atoms with Gasteiger partial charge in [0.2, 0.25) is 10.0 Å². The number of piperidine rings is 2. The van der Waals surface area contributed by atoms with E-state index in [1.807, 2.05) is 11.0 Å². The topological polar surface area (TPSA) is 88.2 Å². The zero-order valence-corrected chi connectivity index (χ0v) is 18.9. The van der Waals surface area contributed by atoms with Crippen molar-refractivity contribution >= 4 is 21.8 Å². The molecule has 31 heavy (non-hydrogen) atoms. The second-order valence-electron chi connectivity index (χ2n) is 8.07. The molecule has 2 atom stereocenters. The molecule has 2 aliphatic heterocycles. The highest BCUT2D eigenvalue weighted by Gasteiger charge is 2.37. The Balaban J connectivity index is 1.61. The molecule has 8 nitrogen and oxygen atoms in total. The summed E-state index contributed by atoms with van der Waals surface area (Å²) in [7, 11) is -3.43. The van der Waals surface area contributed by atoms with Gasteiger partial charge in [-0.05, 0) is 44.7 Å². The maximum atomic E-state index is 14.0. The third-order valence-electron chi connectivity index (χ3n) is 5.78. The molecule has 0 spiro atoms. The normalized spacial score (nSPS) is 23.1. The number of amides is 1. The van der Waals surface area contributed by atoms with E-state index in [1.54, 1.807) is 24.0 Å². The van der Waals surface area contributed by atoms with Crippen molar-refractivity contribution in [3.63, 3.8) is 0 Å². The number of halogens is 1. The minimum Gasteiger partial charge on any atom is -0.450 e. The summed E-state index contributed by atoms with van der Waals surface area (Å²) in [5, 5.41) is 0. The highest BCUT2D eigenvalue weighted by Crippen LogP contribution is 2.25. The molecule has 0 aliphatic carbocycles. The fourth-order valence-electron chi connectivity index (χ4n) is 4.31. The summed E-state index contributed by atoms with van der Waals surface area (Å²) < 4.78 is 51.7. The second kappa shape index (κ2) is 10.6. The lowest BCUT2D eigenvalue weighted by molar-refractivity contribution is -0.0199. The SMILES string of the molecule is CCOC(=O)N1CCCC(NS(C)(=O)=O)C1COC1CCN(c2ccccc2F)CC1. The number of hydrogen-bond acceptors (Lipinski definition) is 6. The molecule has 2 fully saturated rings. The summed E-state index contributed by atoms with van der Waals surface area (Å²) in [5.74, 6) is -0.233. The van der Waals surface area contributed by atoms with Crippen molar-refractivity contribution in [2.24, 2.45) is 0 Å². The third kappa shape index (κ3) is 6.54. The van der Waals surface area contributed by atoms with Crippen LogP contribution in [0.25, 0.3) is 0 Å². The van der Waals surface area contributed by atoms with Crippen LogP contribution in [0.4, 0.5) is 14.9 Å². The Kier molecular flexibility index (Phi) is 8.12. The van der Waals surface area contributed by atoms with Crippen molar-refractivity contribution in [1.29, 1.82) is 0 Å². The monoisotopic (exact) mass is 457 g/mol. The molecular weight excluding hydrogens is 425 g/mol. The maximum absolute atomic E-state index is 14.0. The Morgan fingerprint density at radius 2 is 1.90 bits per heavy atom. The van der Waals surface area contributed by atoms with E-state index in [9.17, 15) is 17.6 Å². The van der Waals surface area contributed by atoms with Gasteiger partial charge in [-0.1, -0.05) is 12.1 Å². The van der Waals surface area contributed by atoms with Gasteiger partial charge in [-0.15, -0.1) is 0 Å². The first-order chi connectivity index (χ1) is 14.8. The zero-order valence-electron chi connectivity index (χ0n) is 18.1. The number of likely N-dealkylation sites (tertiary alicyclic amines) is 1. The molecule has 0 bridgehead atoms. The molecule has 1 aromatic carbocycles. The van der Waals surface area contributed by atoms with Gasteiger partial charge in [0.15, 0.2) is 0 Å². The first-order valence-corrected chi connectivity index (χ1v) is 12.7. The predicted octanol–water partition coefficient (Wildman–Crippen LogP) is 2.35. The van der Waals surface area contributed by atoms with Crippen molar-refractivity contribution in [1.82, 2.24) is 9.62 Å². The van der Waals surface area contributed by atoms with E-state index in [0.717, 1.165) is 19.1 Å². The number of carbonyl (C=O) groups excluding carboxylic acids is 1. The van der Waals surface area contributed by atoms with E-state index in [2.05, 4.69) is 4.72 Å². The Bertz CT molecular complexity index is 845. The van der Waals surface area contributed by atoms with E-state index >= 15 is 0 Å². The minimum absolute atomic E-state index is 0.0344. The Morgan fingerprint density at radius 1 is 1.19 bits per heavy atom. The molecule has 10 heteroatoms. The second-order valence-corrected chi connectivity index (χ2v) is 9.85. The van der Waals surface area contributed by atoms with Crippen molar-refractivity contribution in [3.8, 4) is 0 Å². The number of anilines is 1. The Morgan fingerprint density at radius 3 is 2.55 bits per heavy atom. The fraction of sp³-hybridized carbons (Fsp3) is 0.667. The molecule has 1 N–H and O–H groups in total. The Labute approximate surface area is 183 Å². The minimum atomic E-state index is -3.43. The third-order valence-corrected chi connectivity index (χ3v) is 6.52. The van der Waals surface area contributed by atoms with Crippen LogP contribution < -0.4 is 9.62 Å². The lowest BCUT2D eigenvalue weighted by Gasteiger charge is -2.41. The quantitative estimate of drug-likeness (QED) is 0.676. The lowest BCUT2D eigenvalue weighted by Crippen LogP contribution is -2.59. The summed E-state index contributed by atoms with van der Waals surface area (Å²) in [6.07, 6.45) is 3.40. The van der Waals surface area contributed by atoms with Gasteiger partial charge in [0.25, 0.3) is 0 Å². The van der Waals surface area contributed by atoms with Gasteiger partial charge in [0, 0.05) is 25.7 Å². The van der Waals surface area contributed by atoms with Gasteiger partial charge >= 0.3 is 6.09 Å². The molecular formula is C21H32FN3O5S. The van der Waals surface area contributed by atoms with Gasteiger partial charge in [0.1, 0.15) is 5.82 Å². The molecule has 1 amide bonds. The molecule has 2 heterocycles. The molecule has 174 valence electrons. The molecule has 1 aromatic rings. The maximum Gasteiger partial charge on any atom is 0.410 e. The molecule has 3 rings (SSSR count). The summed E-state index contributed by atoms with van der Waals surface area (Å²) >= 11 is 0. The van der Waals surface area contributed by atoms with E-state index < -0.39 is 28.2 Å². The molecule has 0 aromatic heterocycles. The van der Waals surface area contributed by atoms with Gasteiger partial charge < -0.3 is 19.3 Å². The van der Waals surface area contributed by atoms with Crippen LogP contribution in [0.5, 0.6) is 0 Å². The average molecular weight is 458 g/mol. The van der Waals surface area contributed by atoms with Crippen LogP contribution in [0.15, 0.2) is 24.3 Å². The molecule has 2 saturated heterocycles. The molecule has 2 aliphatic rings. The summed E-state index contributed by atoms with van der Waals surface area (Å²) in [4.78, 5) is 16.0. The molecule has 0 radical (unpaired) electrons. The standard InChI is InChI=1S/C21H32FN3O5S/c1-3-29-21(26)25-12-6-8-18(23-31(2,27)28)20(25)15-30-16-10-13-24(14-11-16)19-9-5-4-7-17(19)22/h4-5,7,9,16,18,20,23H,3,6,8,10-15H2,1-2H3. The van der Waals surface area contributed by atoms with Crippen LogP contribution in [0.1, 0.15) is 32.6 Å². The van der Waals surface area contributed by atoms with Crippen molar-refractivity contribution < 1.29 is 27.1 Å². The number of carbonyl (C=O) groups is 1. The van der Waals surface area contributed by atoms with E-state index in [1.165, 1.54) is 6.07 Å². The van der Waals surface area contributed by atoms with Gasteiger partial charge in [-0.25, -0.2) is 22.3 Å². The number of para-hydroxylation sites is 1. The summed E-state index contributed by atoms with van der Waals surface area (Å²) in [5.41, 5.74) is 0.596. The van der Waals surface area contributed by atoms with Crippen LogP contribution in [-0.2, 0) is 19.5 Å². The Hall–Kier alpha value is -1.91. The highest BCUT2D eigenvalue weighted by atomic mass is 32.2. The van der Waals surface area contributed by atoms with E-state index in [-0.39, 0.29) is 25.1 Å². The summed E-state index contributed by atoms with van der Waals surface area (Å²) in [6.45, 7) is 4.05. The number of nitrogens with zero attached hydrogens (tertiary/aromatic N) is 2. The van der Waals surface area contributed by atoms with Gasteiger partial charge in [-0.2, -0.15) is 0 Å². The molecule has 2 unspecified atom stereocenters. The molecule has 0 saturated carbocycles. The van der Waals surface area contributed by atoms with Crippen LogP contribution in [-0.4, -0.2) is 76.7 Å². The van der Waals surface area contributed by atoms with Crippen molar-refractivity contribution in [2.75, 3.05) is 44.0 Å². The van der Waals surface area contributed by atoms with Crippen LogP contribution in [0.2, 0.25) is 0 Å². The van der Waals surface area contributed by atoms with E-state index in [4.69, 9.17) is 9.47 Å². The number of ether oxygens (including phenoxy) is 2. The smallest absolute Gasteiger partial charge is 0.410 e. The number of hydrogen-bond donors (Lipinski definition) is 1. The number of nitrogens with one attached hydrogen (secondary N) is 1. The lowest BCUT2D eigenvalue weighted by atomic mass is 9.97. The largest absolute Gasteiger partial charge is 0.450 e. The van der Waals surface area contributed by atoms with E-state index in [0.29, 0.717) is 38.2 Å². The van der Waals surface area contributed by atoms with Crippen LogP contribution >= 0.6 is 0 Å². The predicted molar refractivity (Wildman–Crippen MR) is 116 cm³/mol. The van der Waals surface area contributed by atoms with Crippen molar-refractivity contribution in [3.05, 3.63) is 30.1 Å². The first-order valence-electron chi connectivity index (χ1n) is 10.8.